The van der Waals surface area contributed by atoms with Gasteiger partial charge in [0.25, 0.3) is 0 Å². The third kappa shape index (κ3) is 4.03. The van der Waals surface area contributed by atoms with E-state index in [1.54, 1.807) is 23.9 Å². The summed E-state index contributed by atoms with van der Waals surface area (Å²) in [5.41, 5.74) is 1.58. The molecule has 2 aromatic carbocycles. The molecule has 0 radical (unpaired) electrons. The minimum Gasteiger partial charge on any atom is -0.302 e. The number of thioether (sulfide) groups is 1. The fourth-order valence-corrected chi connectivity index (χ4v) is 4.32. The normalized spacial score (nSPS) is 11.0. The Kier molecular flexibility index (Phi) is 5.66. The SMILES string of the molecule is CCSc1ccc(CC(=O)Nc2nc3c(Cl)ccc(Cl)c3s2)cc1. The summed E-state index contributed by atoms with van der Waals surface area (Å²) >= 11 is 15.4. The maximum atomic E-state index is 12.2. The zero-order valence-corrected chi connectivity index (χ0v) is 16.0. The van der Waals surface area contributed by atoms with Gasteiger partial charge in [-0.05, 0) is 35.6 Å². The average molecular weight is 397 g/mol. The predicted octanol–water partition coefficient (Wildman–Crippen LogP) is 5.90. The lowest BCUT2D eigenvalue weighted by Gasteiger charge is -2.03. The molecule has 7 heteroatoms. The molecule has 0 fully saturated rings. The van der Waals surface area contributed by atoms with Gasteiger partial charge in [0.15, 0.2) is 5.13 Å². The minimum absolute atomic E-state index is 0.114. The summed E-state index contributed by atoms with van der Waals surface area (Å²) in [6.45, 7) is 2.11. The number of rotatable bonds is 5. The summed E-state index contributed by atoms with van der Waals surface area (Å²) in [4.78, 5) is 17.8. The quantitative estimate of drug-likeness (QED) is 0.546. The van der Waals surface area contributed by atoms with Crippen molar-refractivity contribution in [3.05, 3.63) is 52.0 Å². The highest BCUT2D eigenvalue weighted by Crippen LogP contribution is 2.36. The molecule has 0 unspecified atom stereocenters. The number of hydrogen-bond acceptors (Lipinski definition) is 4. The van der Waals surface area contributed by atoms with E-state index in [2.05, 4.69) is 17.2 Å². The predicted molar refractivity (Wildman–Crippen MR) is 105 cm³/mol. The maximum Gasteiger partial charge on any atom is 0.230 e. The number of nitrogens with one attached hydrogen (secondary N) is 1. The van der Waals surface area contributed by atoms with E-state index in [1.807, 2.05) is 24.3 Å². The van der Waals surface area contributed by atoms with Crippen LogP contribution in [0.1, 0.15) is 12.5 Å². The van der Waals surface area contributed by atoms with Gasteiger partial charge in [0.2, 0.25) is 5.91 Å². The number of benzene rings is 2. The number of fused-ring (bicyclic) bond motifs is 1. The van der Waals surface area contributed by atoms with Gasteiger partial charge in [0.05, 0.1) is 21.2 Å². The van der Waals surface area contributed by atoms with E-state index in [-0.39, 0.29) is 5.91 Å². The number of nitrogens with zero attached hydrogens (tertiary/aromatic N) is 1. The zero-order valence-electron chi connectivity index (χ0n) is 12.8. The van der Waals surface area contributed by atoms with Gasteiger partial charge in [-0.1, -0.05) is 53.6 Å². The second-order valence-electron chi connectivity index (χ2n) is 5.03. The van der Waals surface area contributed by atoms with Crippen molar-refractivity contribution in [2.24, 2.45) is 0 Å². The number of hydrogen-bond donors (Lipinski definition) is 1. The number of thiazole rings is 1. The van der Waals surface area contributed by atoms with Crippen LogP contribution in [0.4, 0.5) is 5.13 Å². The number of halogens is 2. The Morgan fingerprint density at radius 1 is 1.17 bits per heavy atom. The van der Waals surface area contributed by atoms with Crippen LogP contribution in [0.15, 0.2) is 41.3 Å². The van der Waals surface area contributed by atoms with Crippen molar-refractivity contribution < 1.29 is 4.79 Å². The summed E-state index contributed by atoms with van der Waals surface area (Å²) in [7, 11) is 0. The molecule has 0 bridgehead atoms. The molecular formula is C17H14Cl2N2OS2. The van der Waals surface area contributed by atoms with Gasteiger partial charge in [0.1, 0.15) is 5.52 Å². The Labute approximate surface area is 158 Å². The number of carbonyl (C=O) groups is 1. The van der Waals surface area contributed by atoms with Crippen LogP contribution in [0, 0.1) is 0 Å². The van der Waals surface area contributed by atoms with Gasteiger partial charge < -0.3 is 5.32 Å². The summed E-state index contributed by atoms with van der Waals surface area (Å²) < 4.78 is 0.778. The molecule has 0 saturated carbocycles. The standard InChI is InChI=1S/C17H14Cl2N2OS2/c1-2-23-11-5-3-10(4-6-11)9-14(22)20-17-21-15-12(18)7-8-13(19)16(15)24-17/h3-8H,2,9H2,1H3,(H,20,21,22). The summed E-state index contributed by atoms with van der Waals surface area (Å²) in [5, 5.41) is 4.43. The van der Waals surface area contributed by atoms with Gasteiger partial charge in [-0.3, -0.25) is 4.79 Å². The molecule has 0 aliphatic heterocycles. The van der Waals surface area contributed by atoms with Gasteiger partial charge >= 0.3 is 0 Å². The maximum absolute atomic E-state index is 12.2. The van der Waals surface area contributed by atoms with E-state index in [0.717, 1.165) is 16.0 Å². The first-order valence-electron chi connectivity index (χ1n) is 7.33. The largest absolute Gasteiger partial charge is 0.302 e. The van der Waals surface area contributed by atoms with Crippen LogP contribution in [0.25, 0.3) is 10.2 Å². The number of carbonyl (C=O) groups excluding carboxylic acids is 1. The Balaban J connectivity index is 1.70. The molecule has 1 heterocycles. The zero-order chi connectivity index (χ0) is 17.1. The average Bonchev–Trinajstić information content (AvgIpc) is 2.98. The van der Waals surface area contributed by atoms with Gasteiger partial charge in [0, 0.05) is 4.90 Å². The molecule has 0 spiro atoms. The second-order valence-corrected chi connectivity index (χ2v) is 8.18. The summed E-state index contributed by atoms with van der Waals surface area (Å²) in [6.07, 6.45) is 0.300. The Hall–Kier alpha value is -1.27. The highest BCUT2D eigenvalue weighted by atomic mass is 35.5. The van der Waals surface area contributed by atoms with E-state index in [9.17, 15) is 4.79 Å². The Morgan fingerprint density at radius 2 is 1.88 bits per heavy atom. The number of aromatic nitrogens is 1. The van der Waals surface area contributed by atoms with Gasteiger partial charge in [-0.25, -0.2) is 4.98 Å². The highest BCUT2D eigenvalue weighted by molar-refractivity contribution is 7.99. The van der Waals surface area contributed by atoms with Crippen LogP contribution >= 0.6 is 46.3 Å². The molecule has 0 aliphatic carbocycles. The third-order valence-corrected chi connectivity index (χ3v) is 5.92. The van der Waals surface area contributed by atoms with E-state index >= 15 is 0 Å². The van der Waals surface area contributed by atoms with Crippen molar-refractivity contribution in [2.45, 2.75) is 18.2 Å². The highest BCUT2D eigenvalue weighted by Gasteiger charge is 2.13. The first-order valence-corrected chi connectivity index (χ1v) is 9.88. The van der Waals surface area contributed by atoms with Crippen molar-refractivity contribution in [1.29, 1.82) is 0 Å². The molecule has 3 rings (SSSR count). The smallest absolute Gasteiger partial charge is 0.230 e. The molecule has 0 aliphatic rings. The Bertz CT molecular complexity index is 839. The topological polar surface area (TPSA) is 42.0 Å². The molecule has 1 amide bonds. The van der Waals surface area contributed by atoms with E-state index in [4.69, 9.17) is 23.2 Å². The number of amides is 1. The van der Waals surface area contributed by atoms with Crippen LogP contribution in [0.3, 0.4) is 0 Å². The van der Waals surface area contributed by atoms with E-state index < -0.39 is 0 Å². The van der Waals surface area contributed by atoms with Crippen molar-refractivity contribution in [1.82, 2.24) is 4.98 Å². The molecule has 0 saturated heterocycles. The first-order chi connectivity index (χ1) is 11.6. The molecule has 124 valence electrons. The summed E-state index contributed by atoms with van der Waals surface area (Å²) in [5.74, 6) is 0.917. The van der Waals surface area contributed by atoms with Crippen molar-refractivity contribution >= 4 is 67.6 Å². The molecule has 1 aromatic heterocycles. The molecule has 0 atom stereocenters. The fourth-order valence-electron chi connectivity index (χ4n) is 2.22. The van der Waals surface area contributed by atoms with Crippen LogP contribution in [-0.4, -0.2) is 16.6 Å². The molecular weight excluding hydrogens is 383 g/mol. The first kappa shape index (κ1) is 17.5. The lowest BCUT2D eigenvalue weighted by Crippen LogP contribution is -2.14. The molecule has 3 aromatic rings. The molecule has 1 N–H and O–H groups in total. The van der Waals surface area contributed by atoms with E-state index in [0.29, 0.717) is 27.1 Å². The van der Waals surface area contributed by atoms with Gasteiger partial charge in [-0.2, -0.15) is 0 Å². The Morgan fingerprint density at radius 3 is 2.54 bits per heavy atom. The monoisotopic (exact) mass is 396 g/mol. The van der Waals surface area contributed by atoms with Crippen molar-refractivity contribution in [2.75, 3.05) is 11.1 Å². The van der Waals surface area contributed by atoms with Crippen LogP contribution in [0.2, 0.25) is 10.0 Å². The lowest BCUT2D eigenvalue weighted by molar-refractivity contribution is -0.115. The molecule has 24 heavy (non-hydrogen) atoms. The van der Waals surface area contributed by atoms with Crippen LogP contribution < -0.4 is 5.32 Å². The fraction of sp³-hybridized carbons (Fsp3) is 0.176. The van der Waals surface area contributed by atoms with Crippen LogP contribution in [0.5, 0.6) is 0 Å². The lowest BCUT2D eigenvalue weighted by atomic mass is 10.1. The third-order valence-electron chi connectivity index (χ3n) is 3.29. The van der Waals surface area contributed by atoms with Crippen molar-refractivity contribution in [3.63, 3.8) is 0 Å². The van der Waals surface area contributed by atoms with Gasteiger partial charge in [-0.15, -0.1) is 11.8 Å². The minimum atomic E-state index is -0.114. The van der Waals surface area contributed by atoms with Crippen molar-refractivity contribution in [3.8, 4) is 0 Å². The second kappa shape index (κ2) is 7.74. The molecule has 3 nitrogen and oxygen atoms in total. The van der Waals surface area contributed by atoms with Crippen LogP contribution in [-0.2, 0) is 11.2 Å². The van der Waals surface area contributed by atoms with E-state index in [1.165, 1.54) is 16.2 Å². The number of anilines is 1. The summed E-state index contributed by atoms with van der Waals surface area (Å²) in [6, 6.07) is 11.5.